The molecule has 0 N–H and O–H groups in total. The summed E-state index contributed by atoms with van der Waals surface area (Å²) in [5, 5.41) is 0. The number of hydrogen-bond acceptors (Lipinski definition) is 3. The standard InChI is InChI=1S/C15H16FNO3/c1-4-9(5-2)13-11-8-10(16)6-7-12(11)17(14(13)18)15(19)20-3/h6-8H,4-5H2,1-3H3. The van der Waals surface area contributed by atoms with Crippen LogP contribution < -0.4 is 4.90 Å². The number of halogens is 1. The zero-order valence-corrected chi connectivity index (χ0v) is 11.7. The first kappa shape index (κ1) is 14.2. The molecule has 2 rings (SSSR count). The molecule has 1 aliphatic rings. The monoisotopic (exact) mass is 277 g/mol. The predicted molar refractivity (Wildman–Crippen MR) is 73.8 cm³/mol. The fraction of sp³-hybridized carbons (Fsp3) is 0.333. The maximum Gasteiger partial charge on any atom is 0.421 e. The number of carbonyl (C=O) groups is 2. The molecule has 0 spiro atoms. The molecular weight excluding hydrogens is 261 g/mol. The molecule has 106 valence electrons. The van der Waals surface area contributed by atoms with E-state index in [2.05, 4.69) is 4.74 Å². The molecule has 0 aliphatic carbocycles. The van der Waals surface area contributed by atoms with E-state index in [9.17, 15) is 14.0 Å². The van der Waals surface area contributed by atoms with Gasteiger partial charge in [0.2, 0.25) is 0 Å². The van der Waals surface area contributed by atoms with Crippen LogP contribution in [0.3, 0.4) is 0 Å². The molecular formula is C15H16FNO3. The van der Waals surface area contributed by atoms with Crippen LogP contribution in [-0.4, -0.2) is 19.1 Å². The minimum atomic E-state index is -0.760. The smallest absolute Gasteiger partial charge is 0.421 e. The zero-order chi connectivity index (χ0) is 14.9. The van der Waals surface area contributed by atoms with Crippen molar-refractivity contribution >= 4 is 23.3 Å². The van der Waals surface area contributed by atoms with Crippen LogP contribution in [-0.2, 0) is 9.53 Å². The van der Waals surface area contributed by atoms with Gasteiger partial charge in [-0.05, 0) is 31.0 Å². The summed E-state index contributed by atoms with van der Waals surface area (Å²) in [7, 11) is 1.21. The van der Waals surface area contributed by atoms with Crippen molar-refractivity contribution in [2.45, 2.75) is 26.7 Å². The predicted octanol–water partition coefficient (Wildman–Crippen LogP) is 3.51. The molecule has 0 saturated carbocycles. The molecule has 2 amide bonds. The van der Waals surface area contributed by atoms with E-state index in [1.807, 2.05) is 13.8 Å². The van der Waals surface area contributed by atoms with Gasteiger partial charge in [-0.3, -0.25) is 4.79 Å². The molecule has 1 aromatic carbocycles. The Morgan fingerprint density at radius 1 is 1.30 bits per heavy atom. The van der Waals surface area contributed by atoms with Crippen LogP contribution in [0.1, 0.15) is 32.3 Å². The lowest BCUT2D eigenvalue weighted by Gasteiger charge is -2.13. The molecule has 1 aliphatic heterocycles. The molecule has 0 fully saturated rings. The van der Waals surface area contributed by atoms with E-state index in [-0.39, 0.29) is 0 Å². The lowest BCUT2D eigenvalue weighted by molar-refractivity contribution is -0.112. The SMILES string of the molecule is CCC(CC)=C1C(=O)N(C(=O)OC)c2ccc(F)cc21. The van der Waals surface area contributed by atoms with Gasteiger partial charge in [-0.15, -0.1) is 0 Å². The van der Waals surface area contributed by atoms with Gasteiger partial charge in [0.15, 0.2) is 0 Å². The van der Waals surface area contributed by atoms with Crippen molar-refractivity contribution in [3.63, 3.8) is 0 Å². The third-order valence-electron chi connectivity index (χ3n) is 3.45. The first-order valence-electron chi connectivity index (χ1n) is 6.49. The highest BCUT2D eigenvalue weighted by Crippen LogP contribution is 2.40. The van der Waals surface area contributed by atoms with E-state index in [1.165, 1.54) is 25.3 Å². The molecule has 0 saturated heterocycles. The second-order valence-electron chi connectivity index (χ2n) is 4.46. The van der Waals surface area contributed by atoms with Crippen LogP contribution in [0.25, 0.3) is 5.57 Å². The van der Waals surface area contributed by atoms with E-state index in [0.717, 1.165) is 10.5 Å². The van der Waals surface area contributed by atoms with Gasteiger partial charge >= 0.3 is 6.09 Å². The maximum atomic E-state index is 13.5. The van der Waals surface area contributed by atoms with Gasteiger partial charge < -0.3 is 4.74 Å². The van der Waals surface area contributed by atoms with Crippen LogP contribution in [0.4, 0.5) is 14.9 Å². The maximum absolute atomic E-state index is 13.5. The molecule has 0 atom stereocenters. The number of benzene rings is 1. The number of allylic oxidation sites excluding steroid dienone is 1. The molecule has 5 heteroatoms. The van der Waals surface area contributed by atoms with Crippen LogP contribution in [0.2, 0.25) is 0 Å². The molecule has 0 unspecified atom stereocenters. The highest BCUT2D eigenvalue weighted by Gasteiger charge is 2.38. The Balaban J connectivity index is 2.70. The Hall–Kier alpha value is -2.17. The van der Waals surface area contributed by atoms with Crippen molar-refractivity contribution in [1.82, 2.24) is 0 Å². The number of amides is 2. The summed E-state index contributed by atoms with van der Waals surface area (Å²) in [4.78, 5) is 25.2. The van der Waals surface area contributed by atoms with Crippen LogP contribution >= 0.6 is 0 Å². The van der Waals surface area contributed by atoms with Crippen LogP contribution in [0, 0.1) is 5.82 Å². The Kier molecular flexibility index (Phi) is 3.88. The quantitative estimate of drug-likeness (QED) is 0.777. The van der Waals surface area contributed by atoms with Crippen molar-refractivity contribution in [2.24, 2.45) is 0 Å². The summed E-state index contributed by atoms with van der Waals surface area (Å²) in [6.07, 6.45) is 0.579. The van der Waals surface area contributed by atoms with Crippen LogP contribution in [0.15, 0.2) is 23.8 Å². The normalized spacial score (nSPS) is 13.5. The van der Waals surface area contributed by atoms with E-state index < -0.39 is 17.8 Å². The minimum Gasteiger partial charge on any atom is -0.452 e. The van der Waals surface area contributed by atoms with Crippen LogP contribution in [0.5, 0.6) is 0 Å². The fourth-order valence-corrected chi connectivity index (χ4v) is 2.46. The average Bonchev–Trinajstić information content (AvgIpc) is 2.72. The molecule has 1 heterocycles. The molecule has 0 bridgehead atoms. The summed E-state index contributed by atoms with van der Waals surface area (Å²) < 4.78 is 18.1. The number of nitrogens with zero attached hydrogens (tertiary/aromatic N) is 1. The van der Waals surface area contributed by atoms with Crippen molar-refractivity contribution in [3.8, 4) is 0 Å². The summed E-state index contributed by atoms with van der Waals surface area (Å²) >= 11 is 0. The van der Waals surface area contributed by atoms with Gasteiger partial charge in [-0.2, -0.15) is 0 Å². The summed E-state index contributed by atoms with van der Waals surface area (Å²) in [5.41, 5.74) is 2.14. The van der Waals surface area contributed by atoms with Crippen molar-refractivity contribution in [3.05, 3.63) is 35.2 Å². The average molecular weight is 277 g/mol. The van der Waals surface area contributed by atoms with Gasteiger partial charge in [0.1, 0.15) is 5.82 Å². The third kappa shape index (κ3) is 2.09. The number of carbonyl (C=O) groups excluding carboxylic acids is 2. The first-order valence-corrected chi connectivity index (χ1v) is 6.49. The lowest BCUT2D eigenvalue weighted by Crippen LogP contribution is -2.33. The number of fused-ring (bicyclic) bond motifs is 1. The summed E-state index contributed by atoms with van der Waals surface area (Å²) in [6, 6.07) is 3.94. The Labute approximate surface area is 116 Å². The van der Waals surface area contributed by atoms with E-state index in [4.69, 9.17) is 0 Å². The zero-order valence-electron chi connectivity index (χ0n) is 11.7. The number of imide groups is 1. The molecule has 0 radical (unpaired) electrons. The van der Waals surface area contributed by atoms with E-state index in [1.54, 1.807) is 0 Å². The molecule has 0 aromatic heterocycles. The number of hydrogen-bond donors (Lipinski definition) is 0. The number of methoxy groups -OCH3 is 1. The Morgan fingerprint density at radius 3 is 2.50 bits per heavy atom. The third-order valence-corrected chi connectivity index (χ3v) is 3.45. The first-order chi connectivity index (χ1) is 9.54. The van der Waals surface area contributed by atoms with Gasteiger partial charge in [0.25, 0.3) is 5.91 Å². The number of ether oxygens (including phenoxy) is 1. The lowest BCUT2D eigenvalue weighted by atomic mass is 9.97. The largest absolute Gasteiger partial charge is 0.452 e. The summed E-state index contributed by atoms with van der Waals surface area (Å²) in [5.74, 6) is -0.886. The van der Waals surface area contributed by atoms with Crippen molar-refractivity contribution < 1.29 is 18.7 Å². The number of anilines is 1. The van der Waals surface area contributed by atoms with Gasteiger partial charge in [-0.1, -0.05) is 19.4 Å². The molecule has 20 heavy (non-hydrogen) atoms. The Morgan fingerprint density at radius 2 is 1.95 bits per heavy atom. The van der Waals surface area contributed by atoms with E-state index in [0.29, 0.717) is 29.7 Å². The fourth-order valence-electron chi connectivity index (χ4n) is 2.46. The number of rotatable bonds is 2. The second-order valence-corrected chi connectivity index (χ2v) is 4.46. The summed E-state index contributed by atoms with van der Waals surface area (Å²) in [6.45, 7) is 3.86. The van der Waals surface area contributed by atoms with Crippen molar-refractivity contribution in [1.29, 1.82) is 0 Å². The highest BCUT2D eigenvalue weighted by molar-refractivity contribution is 6.39. The van der Waals surface area contributed by atoms with Crippen molar-refractivity contribution in [2.75, 3.05) is 12.0 Å². The Bertz CT molecular complexity index is 601. The van der Waals surface area contributed by atoms with Gasteiger partial charge in [0, 0.05) is 11.1 Å². The molecule has 4 nitrogen and oxygen atoms in total. The van der Waals surface area contributed by atoms with Gasteiger partial charge in [-0.25, -0.2) is 14.1 Å². The van der Waals surface area contributed by atoms with Gasteiger partial charge in [0.05, 0.1) is 12.8 Å². The second kappa shape index (κ2) is 5.45. The highest BCUT2D eigenvalue weighted by atomic mass is 19.1. The minimum absolute atomic E-state index is 0.373. The van der Waals surface area contributed by atoms with E-state index >= 15 is 0 Å². The topological polar surface area (TPSA) is 46.6 Å². The molecule has 1 aromatic rings.